The van der Waals surface area contributed by atoms with Crippen LogP contribution in [0.15, 0.2) is 35.9 Å². The normalized spacial score (nSPS) is 9.30. The van der Waals surface area contributed by atoms with E-state index in [4.69, 9.17) is 11.6 Å². The predicted octanol–water partition coefficient (Wildman–Crippen LogP) is 2.89. The molecule has 0 heterocycles. The minimum Gasteiger partial charge on any atom is -0.0929 e. The molecular formula is C8H7AuCl. The standard InChI is InChI=1S/C8H7Cl.Au/c9-7-6-8-4-2-1-3-5-8;/h1-7H;. The van der Waals surface area contributed by atoms with Gasteiger partial charge >= 0.3 is 0 Å². The van der Waals surface area contributed by atoms with Crippen LogP contribution in [0.2, 0.25) is 0 Å². The maximum absolute atomic E-state index is 5.36. The van der Waals surface area contributed by atoms with Crippen molar-refractivity contribution in [3.8, 4) is 0 Å². The fraction of sp³-hybridized carbons (Fsp3) is 0. The van der Waals surface area contributed by atoms with Gasteiger partial charge in [-0.25, -0.2) is 0 Å². The average molecular weight is 336 g/mol. The number of hydrogen-bond acceptors (Lipinski definition) is 0. The molecule has 0 saturated carbocycles. The predicted molar refractivity (Wildman–Crippen MR) is 41.3 cm³/mol. The summed E-state index contributed by atoms with van der Waals surface area (Å²) in [5.74, 6) is 0. The van der Waals surface area contributed by atoms with Gasteiger partial charge in [0.15, 0.2) is 0 Å². The van der Waals surface area contributed by atoms with E-state index in [1.165, 1.54) is 5.54 Å². The van der Waals surface area contributed by atoms with Crippen molar-refractivity contribution in [2.45, 2.75) is 0 Å². The van der Waals surface area contributed by atoms with Gasteiger partial charge < -0.3 is 0 Å². The fourth-order valence-electron chi connectivity index (χ4n) is 0.637. The van der Waals surface area contributed by atoms with Crippen LogP contribution < -0.4 is 0 Å². The minimum atomic E-state index is 0. The summed E-state index contributed by atoms with van der Waals surface area (Å²) in [6, 6.07) is 9.93. The van der Waals surface area contributed by atoms with Crippen molar-refractivity contribution in [1.29, 1.82) is 0 Å². The molecule has 0 spiro atoms. The quantitative estimate of drug-likeness (QED) is 0.692. The summed E-state index contributed by atoms with van der Waals surface area (Å²) in [5, 5.41) is 0. The Morgan fingerprint density at radius 3 is 2.20 bits per heavy atom. The van der Waals surface area contributed by atoms with Crippen LogP contribution in [-0.4, -0.2) is 0 Å². The molecule has 10 heavy (non-hydrogen) atoms. The summed E-state index contributed by atoms with van der Waals surface area (Å²) < 4.78 is 0. The monoisotopic (exact) mass is 335 g/mol. The Morgan fingerprint density at radius 2 is 1.70 bits per heavy atom. The van der Waals surface area contributed by atoms with E-state index in [9.17, 15) is 0 Å². The van der Waals surface area contributed by atoms with Crippen LogP contribution >= 0.6 is 11.6 Å². The summed E-state index contributed by atoms with van der Waals surface area (Å²) in [4.78, 5) is 0. The van der Waals surface area contributed by atoms with Crippen LogP contribution in [-0.2, 0) is 22.4 Å². The Bertz CT molecular complexity index is 194. The molecule has 1 rings (SSSR count). The molecule has 0 bridgehead atoms. The molecule has 0 saturated heterocycles. The first-order chi connectivity index (χ1) is 4.43. The van der Waals surface area contributed by atoms with Gasteiger partial charge in [0.05, 0.1) is 0 Å². The van der Waals surface area contributed by atoms with Crippen molar-refractivity contribution in [1.82, 2.24) is 0 Å². The largest absolute Gasteiger partial charge is 0.0929 e. The van der Waals surface area contributed by atoms with Gasteiger partial charge in [0, 0.05) is 27.9 Å². The zero-order valence-electron chi connectivity index (χ0n) is 5.22. The maximum atomic E-state index is 5.36. The van der Waals surface area contributed by atoms with E-state index in [1.807, 2.05) is 36.4 Å². The van der Waals surface area contributed by atoms with Gasteiger partial charge in [0.2, 0.25) is 0 Å². The second kappa shape index (κ2) is 5.75. The molecule has 0 aromatic heterocycles. The number of hydrogen-bond donors (Lipinski definition) is 0. The van der Waals surface area contributed by atoms with Crippen LogP contribution in [0.3, 0.4) is 0 Å². The molecule has 0 unspecified atom stereocenters. The van der Waals surface area contributed by atoms with E-state index in [0.29, 0.717) is 0 Å². The number of rotatable bonds is 1. The van der Waals surface area contributed by atoms with Gasteiger partial charge in [-0.1, -0.05) is 41.9 Å². The average Bonchev–Trinajstić information content (AvgIpc) is 1.91. The Hall–Kier alpha value is -0.00974. The molecule has 0 aliphatic rings. The van der Waals surface area contributed by atoms with Gasteiger partial charge in [-0.3, -0.25) is 0 Å². The van der Waals surface area contributed by atoms with E-state index >= 15 is 0 Å². The molecule has 0 fully saturated rings. The van der Waals surface area contributed by atoms with Gasteiger partial charge in [0.1, 0.15) is 0 Å². The number of halogens is 1. The van der Waals surface area contributed by atoms with Gasteiger partial charge in [-0.05, 0) is 11.6 Å². The third-order valence-corrected chi connectivity index (χ3v) is 1.18. The Kier molecular flexibility index (Phi) is 5.75. The van der Waals surface area contributed by atoms with Gasteiger partial charge in [-0.2, -0.15) is 0 Å². The molecule has 1 aromatic carbocycles. The van der Waals surface area contributed by atoms with Crippen molar-refractivity contribution >= 4 is 17.7 Å². The van der Waals surface area contributed by atoms with E-state index in [0.717, 1.165) is 5.56 Å². The van der Waals surface area contributed by atoms with Crippen LogP contribution in [0, 0.1) is 0 Å². The van der Waals surface area contributed by atoms with Crippen molar-refractivity contribution in [2.24, 2.45) is 0 Å². The zero-order valence-corrected chi connectivity index (χ0v) is 8.14. The Labute approximate surface area is 81.4 Å². The minimum absolute atomic E-state index is 0. The van der Waals surface area contributed by atoms with Crippen molar-refractivity contribution in [3.63, 3.8) is 0 Å². The first kappa shape index (κ1) is 9.99. The van der Waals surface area contributed by atoms with E-state index in [2.05, 4.69) is 0 Å². The van der Waals surface area contributed by atoms with E-state index in [-0.39, 0.29) is 22.4 Å². The summed E-state index contributed by atoms with van der Waals surface area (Å²) in [6.45, 7) is 0. The molecule has 1 radical (unpaired) electrons. The van der Waals surface area contributed by atoms with Crippen LogP contribution in [0.4, 0.5) is 0 Å². The molecule has 0 aliphatic carbocycles. The zero-order chi connectivity index (χ0) is 6.53. The Morgan fingerprint density at radius 1 is 1.10 bits per heavy atom. The molecule has 0 N–H and O–H groups in total. The van der Waals surface area contributed by atoms with Crippen molar-refractivity contribution in [3.05, 3.63) is 41.4 Å². The van der Waals surface area contributed by atoms with Crippen LogP contribution in [0.1, 0.15) is 5.56 Å². The third kappa shape index (κ3) is 3.23. The third-order valence-electron chi connectivity index (χ3n) is 1.06. The van der Waals surface area contributed by atoms with E-state index in [1.54, 1.807) is 0 Å². The second-order valence-electron chi connectivity index (χ2n) is 1.70. The van der Waals surface area contributed by atoms with Gasteiger partial charge in [-0.15, -0.1) is 0 Å². The summed E-state index contributed by atoms with van der Waals surface area (Å²) in [7, 11) is 0. The summed E-state index contributed by atoms with van der Waals surface area (Å²) in [6.07, 6.45) is 1.85. The summed E-state index contributed by atoms with van der Waals surface area (Å²) >= 11 is 5.36. The van der Waals surface area contributed by atoms with Crippen LogP contribution in [0.5, 0.6) is 0 Å². The maximum Gasteiger partial charge on any atom is 0.00484 e. The van der Waals surface area contributed by atoms with Gasteiger partial charge in [0.25, 0.3) is 0 Å². The molecule has 0 aliphatic heterocycles. The topological polar surface area (TPSA) is 0 Å². The fourth-order valence-corrected chi connectivity index (χ4v) is 0.782. The second-order valence-corrected chi connectivity index (χ2v) is 1.96. The molecule has 0 amide bonds. The molecule has 0 atom stereocenters. The van der Waals surface area contributed by atoms with Crippen molar-refractivity contribution < 1.29 is 22.4 Å². The molecule has 1 aromatic rings. The first-order valence-electron chi connectivity index (χ1n) is 2.75. The molecular weight excluding hydrogens is 329 g/mol. The Balaban J connectivity index is 0.000000810. The SMILES string of the molecule is ClC=Cc1ccccc1.[Au]. The molecule has 0 nitrogen and oxygen atoms in total. The smallest absolute Gasteiger partial charge is 0.00484 e. The first-order valence-corrected chi connectivity index (χ1v) is 3.19. The van der Waals surface area contributed by atoms with E-state index < -0.39 is 0 Å². The van der Waals surface area contributed by atoms with Crippen LogP contribution in [0.25, 0.3) is 6.08 Å². The summed E-state index contributed by atoms with van der Waals surface area (Å²) in [5.41, 5.74) is 2.64. The number of benzene rings is 1. The molecule has 57 valence electrons. The van der Waals surface area contributed by atoms with Crippen molar-refractivity contribution in [2.75, 3.05) is 0 Å². The molecule has 2 heteroatoms.